The molecule has 148 valence electrons. The first-order chi connectivity index (χ1) is 12.8. The minimum Gasteiger partial charge on any atom is -0.489 e. The molecule has 0 amide bonds. The van der Waals surface area contributed by atoms with Crippen LogP contribution in [0.4, 0.5) is 8.78 Å². The number of alkyl halides is 2. The predicted octanol–water partition coefficient (Wildman–Crippen LogP) is 4.78. The minimum absolute atomic E-state index is 0.0662. The molecule has 0 radical (unpaired) electrons. The van der Waals surface area contributed by atoms with Crippen LogP contribution < -0.4 is 9.47 Å². The van der Waals surface area contributed by atoms with Crippen molar-refractivity contribution in [1.29, 1.82) is 0 Å². The first-order valence-corrected chi connectivity index (χ1v) is 9.19. The topological polar surface area (TPSA) is 62.2 Å². The number of rotatable bonds is 8. The Hall–Kier alpha value is -1.54. The molecule has 1 aliphatic carbocycles. The molecule has 2 N–H and O–H groups in total. The highest BCUT2D eigenvalue weighted by Crippen LogP contribution is 2.38. The standard InChI is InChI=1S/C18H19Cl2F2NO4/c19-13-7-23(25)8-14(20)12(13)6-15(24)11-3-4-16(27-18(21)22)17(5-11)26-9-10-1-2-10/h3-5,7,10,15,18,24-25H,1-2,6,8-9H2/t15-/m1/s1. The van der Waals surface area contributed by atoms with Crippen LogP contribution in [0, 0.1) is 5.92 Å². The summed E-state index contributed by atoms with van der Waals surface area (Å²) in [6.45, 7) is -2.49. The molecule has 0 bridgehead atoms. The van der Waals surface area contributed by atoms with E-state index in [0.717, 1.165) is 17.9 Å². The van der Waals surface area contributed by atoms with Gasteiger partial charge in [-0.1, -0.05) is 29.3 Å². The fraction of sp³-hybridized carbons (Fsp3) is 0.444. The number of allylic oxidation sites excluding steroid dienone is 1. The second kappa shape index (κ2) is 8.65. The van der Waals surface area contributed by atoms with E-state index >= 15 is 0 Å². The van der Waals surface area contributed by atoms with Crippen LogP contribution in [0.1, 0.15) is 30.9 Å². The van der Waals surface area contributed by atoms with Crippen molar-refractivity contribution in [3.63, 3.8) is 0 Å². The van der Waals surface area contributed by atoms with Gasteiger partial charge in [-0.3, -0.25) is 10.3 Å². The van der Waals surface area contributed by atoms with Crippen molar-refractivity contribution in [2.24, 2.45) is 5.92 Å². The van der Waals surface area contributed by atoms with Gasteiger partial charge >= 0.3 is 6.61 Å². The van der Waals surface area contributed by atoms with Crippen molar-refractivity contribution >= 4 is 23.2 Å². The number of halogens is 4. The lowest BCUT2D eigenvalue weighted by molar-refractivity contribution is -0.0515. The second-order valence-electron chi connectivity index (χ2n) is 6.52. The van der Waals surface area contributed by atoms with Crippen LogP contribution >= 0.6 is 23.2 Å². The zero-order valence-corrected chi connectivity index (χ0v) is 15.8. The Morgan fingerprint density at radius 1 is 1.22 bits per heavy atom. The SMILES string of the molecule is O[C@H](CC1=C(Cl)CN(O)C=C1Cl)c1ccc(OC(F)F)c(OCC2CC2)c1. The maximum absolute atomic E-state index is 12.6. The molecule has 0 saturated heterocycles. The Balaban J connectivity index is 1.77. The van der Waals surface area contributed by atoms with Gasteiger partial charge < -0.3 is 14.6 Å². The van der Waals surface area contributed by atoms with Crippen LogP contribution in [0.5, 0.6) is 11.5 Å². The largest absolute Gasteiger partial charge is 0.489 e. The molecule has 1 fully saturated rings. The lowest BCUT2D eigenvalue weighted by Gasteiger charge is -2.23. The molecule has 1 heterocycles. The normalized spacial score (nSPS) is 18.6. The van der Waals surface area contributed by atoms with Crippen molar-refractivity contribution in [1.82, 2.24) is 5.06 Å². The Morgan fingerprint density at radius 2 is 1.96 bits per heavy atom. The van der Waals surface area contributed by atoms with Crippen LogP contribution in [0.3, 0.4) is 0 Å². The molecule has 2 aliphatic rings. The van der Waals surface area contributed by atoms with Crippen LogP contribution in [0.25, 0.3) is 0 Å². The number of hydroxylamine groups is 2. The molecule has 1 saturated carbocycles. The van der Waals surface area contributed by atoms with E-state index in [1.807, 2.05) is 0 Å². The summed E-state index contributed by atoms with van der Waals surface area (Å²) in [6, 6.07) is 4.31. The van der Waals surface area contributed by atoms with E-state index in [0.29, 0.717) is 28.7 Å². The van der Waals surface area contributed by atoms with Crippen molar-refractivity contribution in [3.05, 3.63) is 45.6 Å². The van der Waals surface area contributed by atoms with Gasteiger partial charge in [-0.25, -0.2) is 0 Å². The van der Waals surface area contributed by atoms with Gasteiger partial charge in [0.25, 0.3) is 0 Å². The number of nitrogens with zero attached hydrogens (tertiary/aromatic N) is 1. The maximum atomic E-state index is 12.6. The fourth-order valence-corrected chi connectivity index (χ4v) is 3.32. The van der Waals surface area contributed by atoms with Gasteiger partial charge in [0, 0.05) is 17.7 Å². The molecule has 3 rings (SSSR count). The van der Waals surface area contributed by atoms with Gasteiger partial charge in [0.1, 0.15) is 0 Å². The van der Waals surface area contributed by atoms with Crippen LogP contribution in [0.15, 0.2) is 40.0 Å². The van der Waals surface area contributed by atoms with Crippen LogP contribution in [-0.4, -0.2) is 35.1 Å². The quantitative estimate of drug-likeness (QED) is 0.632. The van der Waals surface area contributed by atoms with Crippen LogP contribution in [0.2, 0.25) is 0 Å². The second-order valence-corrected chi connectivity index (χ2v) is 7.38. The third kappa shape index (κ3) is 5.48. The lowest BCUT2D eigenvalue weighted by Crippen LogP contribution is -2.19. The van der Waals surface area contributed by atoms with Gasteiger partial charge in [-0.05, 0) is 42.0 Å². The fourth-order valence-electron chi connectivity index (χ4n) is 2.67. The number of aliphatic hydroxyl groups excluding tert-OH is 1. The molecular formula is C18H19Cl2F2NO4. The Morgan fingerprint density at radius 3 is 2.59 bits per heavy atom. The highest BCUT2D eigenvalue weighted by molar-refractivity contribution is 6.36. The molecule has 27 heavy (non-hydrogen) atoms. The number of hydrogen-bond donors (Lipinski definition) is 2. The van der Waals surface area contributed by atoms with Gasteiger partial charge in [-0.2, -0.15) is 8.78 Å². The smallest absolute Gasteiger partial charge is 0.387 e. The van der Waals surface area contributed by atoms with E-state index in [1.54, 1.807) is 0 Å². The van der Waals surface area contributed by atoms with Gasteiger partial charge in [-0.15, -0.1) is 0 Å². The van der Waals surface area contributed by atoms with Crippen molar-refractivity contribution in [2.75, 3.05) is 13.2 Å². The van der Waals surface area contributed by atoms with Gasteiger partial charge in [0.05, 0.1) is 24.3 Å². The van der Waals surface area contributed by atoms with E-state index < -0.39 is 12.7 Å². The summed E-state index contributed by atoms with van der Waals surface area (Å²) < 4.78 is 35.3. The minimum atomic E-state index is -2.97. The summed E-state index contributed by atoms with van der Waals surface area (Å²) in [5.41, 5.74) is 0.958. The average Bonchev–Trinajstić information content (AvgIpc) is 3.40. The van der Waals surface area contributed by atoms with Gasteiger partial charge in [0.2, 0.25) is 0 Å². The molecule has 9 heteroatoms. The lowest BCUT2D eigenvalue weighted by atomic mass is 9.99. The van der Waals surface area contributed by atoms with E-state index in [-0.39, 0.29) is 29.5 Å². The van der Waals surface area contributed by atoms with Crippen LogP contribution in [-0.2, 0) is 0 Å². The van der Waals surface area contributed by atoms with Crippen molar-refractivity contribution in [3.8, 4) is 11.5 Å². The van der Waals surface area contributed by atoms with E-state index in [4.69, 9.17) is 27.9 Å². The van der Waals surface area contributed by atoms with Crippen molar-refractivity contribution < 1.29 is 28.6 Å². The molecule has 1 aliphatic heterocycles. The Kier molecular flexibility index (Phi) is 6.47. The maximum Gasteiger partial charge on any atom is 0.387 e. The summed E-state index contributed by atoms with van der Waals surface area (Å²) in [5.74, 6) is 0.505. The number of aliphatic hydroxyl groups is 1. The molecule has 0 aromatic heterocycles. The number of benzene rings is 1. The first kappa shape index (κ1) is 20.2. The van der Waals surface area contributed by atoms with E-state index in [2.05, 4.69) is 4.74 Å². The number of hydrogen-bond acceptors (Lipinski definition) is 5. The summed E-state index contributed by atoms with van der Waals surface area (Å²) >= 11 is 12.2. The highest BCUT2D eigenvalue weighted by atomic mass is 35.5. The highest BCUT2D eigenvalue weighted by Gasteiger charge is 2.25. The van der Waals surface area contributed by atoms with Gasteiger partial charge in [0.15, 0.2) is 11.5 Å². The zero-order valence-electron chi connectivity index (χ0n) is 14.2. The Bertz CT molecular complexity index is 753. The predicted molar refractivity (Wildman–Crippen MR) is 96.2 cm³/mol. The summed E-state index contributed by atoms with van der Waals surface area (Å²) in [4.78, 5) is 0. The summed E-state index contributed by atoms with van der Waals surface area (Å²) in [5, 5.41) is 21.4. The molecule has 1 atom stereocenters. The molecule has 5 nitrogen and oxygen atoms in total. The molecule has 0 unspecified atom stereocenters. The van der Waals surface area contributed by atoms with E-state index in [1.165, 1.54) is 24.4 Å². The zero-order chi connectivity index (χ0) is 19.6. The number of ether oxygens (including phenoxy) is 2. The summed E-state index contributed by atoms with van der Waals surface area (Å²) in [7, 11) is 0. The molecule has 0 spiro atoms. The third-order valence-electron chi connectivity index (χ3n) is 4.32. The molecular weight excluding hydrogens is 403 g/mol. The third-order valence-corrected chi connectivity index (χ3v) is 4.99. The molecule has 1 aromatic rings. The van der Waals surface area contributed by atoms with Crippen molar-refractivity contribution in [2.45, 2.75) is 32.0 Å². The first-order valence-electron chi connectivity index (χ1n) is 8.44. The Labute approximate surface area is 165 Å². The monoisotopic (exact) mass is 421 g/mol. The summed E-state index contributed by atoms with van der Waals surface area (Å²) in [6.07, 6.45) is 2.50. The van der Waals surface area contributed by atoms with E-state index in [9.17, 15) is 19.1 Å². The molecule has 1 aromatic carbocycles. The average molecular weight is 422 g/mol.